The largest absolute Gasteiger partial charge is 0.306 e. The molecule has 0 aliphatic rings. The van der Waals surface area contributed by atoms with Crippen LogP contribution in [0, 0.1) is 11.8 Å². The van der Waals surface area contributed by atoms with E-state index in [0.717, 1.165) is 13.1 Å². The van der Waals surface area contributed by atoms with Crippen LogP contribution in [0.5, 0.6) is 0 Å². The lowest BCUT2D eigenvalue weighted by atomic mass is 10.2. The molecule has 0 bridgehead atoms. The third kappa shape index (κ3) is 7.52. The van der Waals surface area contributed by atoms with Gasteiger partial charge in [0, 0.05) is 0 Å². The molecule has 0 fully saturated rings. The summed E-state index contributed by atoms with van der Waals surface area (Å²) in [7, 11) is 0. The van der Waals surface area contributed by atoms with E-state index < -0.39 is 0 Å². The Labute approximate surface area is 64.2 Å². The smallest absolute Gasteiger partial charge is 0.0576 e. The Morgan fingerprint density at radius 1 is 1.30 bits per heavy atom. The molecule has 0 radical (unpaired) electrons. The minimum atomic E-state index is 0.847. The first-order chi connectivity index (χ1) is 4.91. The Balaban J connectivity index is 2.82. The van der Waals surface area contributed by atoms with Gasteiger partial charge in [-0.2, -0.15) is 0 Å². The van der Waals surface area contributed by atoms with Gasteiger partial charge >= 0.3 is 0 Å². The number of hydrogen-bond donors (Lipinski definition) is 1. The maximum atomic E-state index is 3.25. The maximum Gasteiger partial charge on any atom is 0.0576 e. The highest BCUT2D eigenvalue weighted by Crippen LogP contribution is 1.90. The van der Waals surface area contributed by atoms with E-state index in [1.165, 1.54) is 19.3 Å². The van der Waals surface area contributed by atoms with Gasteiger partial charge in [0.25, 0.3) is 0 Å². The first kappa shape index (κ1) is 9.52. The van der Waals surface area contributed by atoms with Gasteiger partial charge in [-0.15, -0.1) is 5.92 Å². The van der Waals surface area contributed by atoms with Crippen LogP contribution in [0.2, 0.25) is 0 Å². The summed E-state index contributed by atoms with van der Waals surface area (Å²) in [6.45, 7) is 6.04. The molecular weight excluding hydrogens is 122 g/mol. The molecule has 0 aliphatic heterocycles. The fourth-order valence-corrected chi connectivity index (χ4v) is 0.739. The maximum absolute atomic E-state index is 3.25. The predicted octanol–water partition coefficient (Wildman–Crippen LogP) is 1.79. The lowest BCUT2D eigenvalue weighted by Gasteiger charge is -1.97. The Bertz CT molecular complexity index is 108. The van der Waals surface area contributed by atoms with E-state index in [9.17, 15) is 0 Å². The lowest BCUT2D eigenvalue weighted by Crippen LogP contribution is -2.14. The topological polar surface area (TPSA) is 12.0 Å². The molecule has 1 heteroatoms. The van der Waals surface area contributed by atoms with Gasteiger partial charge in [-0.1, -0.05) is 25.7 Å². The zero-order valence-corrected chi connectivity index (χ0v) is 7.04. The second kappa shape index (κ2) is 8.52. The highest BCUT2D eigenvalue weighted by atomic mass is 14.8. The molecule has 0 saturated heterocycles. The third-order valence-corrected chi connectivity index (χ3v) is 1.35. The van der Waals surface area contributed by atoms with Crippen LogP contribution < -0.4 is 5.32 Å². The highest BCUT2D eigenvalue weighted by molar-refractivity contribution is 4.96. The van der Waals surface area contributed by atoms with E-state index >= 15 is 0 Å². The second-order valence-corrected chi connectivity index (χ2v) is 2.31. The normalized spacial score (nSPS) is 8.60. The summed E-state index contributed by atoms with van der Waals surface area (Å²) in [5, 5.41) is 3.25. The minimum absolute atomic E-state index is 0.847. The van der Waals surface area contributed by atoms with Crippen molar-refractivity contribution in [3.63, 3.8) is 0 Å². The minimum Gasteiger partial charge on any atom is -0.306 e. The molecule has 0 heterocycles. The predicted molar refractivity (Wildman–Crippen MR) is 45.8 cm³/mol. The van der Waals surface area contributed by atoms with Crippen LogP contribution in [0.15, 0.2) is 0 Å². The van der Waals surface area contributed by atoms with Crippen molar-refractivity contribution < 1.29 is 0 Å². The molecule has 1 nitrogen and oxygen atoms in total. The molecular formula is C9H17N. The molecule has 0 atom stereocenters. The first-order valence-electron chi connectivity index (χ1n) is 4.02. The second-order valence-electron chi connectivity index (χ2n) is 2.31. The molecule has 0 aromatic rings. The Hall–Kier alpha value is -0.480. The molecule has 0 aliphatic carbocycles. The molecule has 0 unspecified atom stereocenters. The Kier molecular flexibility index (Phi) is 8.11. The van der Waals surface area contributed by atoms with Crippen molar-refractivity contribution in [1.82, 2.24) is 5.32 Å². The van der Waals surface area contributed by atoms with Crippen molar-refractivity contribution in [2.45, 2.75) is 33.1 Å². The van der Waals surface area contributed by atoms with Gasteiger partial charge in [0.1, 0.15) is 0 Å². The SMILES string of the molecule is CC#CCNCCCCC. The molecule has 0 aromatic heterocycles. The van der Waals surface area contributed by atoms with Crippen LogP contribution in [0.1, 0.15) is 33.1 Å². The average molecular weight is 139 g/mol. The van der Waals surface area contributed by atoms with Crippen LogP contribution in [0.4, 0.5) is 0 Å². The van der Waals surface area contributed by atoms with Crippen molar-refractivity contribution in [2.75, 3.05) is 13.1 Å². The van der Waals surface area contributed by atoms with Crippen molar-refractivity contribution in [2.24, 2.45) is 0 Å². The van der Waals surface area contributed by atoms with E-state index in [1.807, 2.05) is 6.92 Å². The van der Waals surface area contributed by atoms with E-state index in [4.69, 9.17) is 0 Å². The van der Waals surface area contributed by atoms with Gasteiger partial charge < -0.3 is 5.32 Å². The third-order valence-electron chi connectivity index (χ3n) is 1.35. The quantitative estimate of drug-likeness (QED) is 0.452. The van der Waals surface area contributed by atoms with E-state index in [2.05, 4.69) is 24.1 Å². The van der Waals surface area contributed by atoms with Gasteiger partial charge in [0.15, 0.2) is 0 Å². The fraction of sp³-hybridized carbons (Fsp3) is 0.778. The van der Waals surface area contributed by atoms with Gasteiger partial charge in [-0.05, 0) is 19.9 Å². The Morgan fingerprint density at radius 3 is 2.70 bits per heavy atom. The summed E-state index contributed by atoms with van der Waals surface area (Å²) < 4.78 is 0. The molecule has 0 spiro atoms. The molecule has 1 N–H and O–H groups in total. The van der Waals surface area contributed by atoms with Gasteiger partial charge in [-0.3, -0.25) is 0 Å². The molecule has 0 rings (SSSR count). The standard InChI is InChI=1S/C9H17N/c1-3-5-7-9-10-8-6-4-2/h10H,3,5,7-9H2,1-2H3. The molecule has 0 amide bonds. The molecule has 10 heavy (non-hydrogen) atoms. The van der Waals surface area contributed by atoms with Crippen molar-refractivity contribution in [3.05, 3.63) is 0 Å². The van der Waals surface area contributed by atoms with Crippen LogP contribution in [-0.4, -0.2) is 13.1 Å². The average Bonchev–Trinajstić information content (AvgIpc) is 1.97. The monoisotopic (exact) mass is 139 g/mol. The van der Waals surface area contributed by atoms with Gasteiger partial charge in [0.2, 0.25) is 0 Å². The highest BCUT2D eigenvalue weighted by Gasteiger charge is 1.82. The van der Waals surface area contributed by atoms with Crippen LogP contribution in [0.25, 0.3) is 0 Å². The van der Waals surface area contributed by atoms with Crippen molar-refractivity contribution in [3.8, 4) is 11.8 Å². The van der Waals surface area contributed by atoms with E-state index in [-0.39, 0.29) is 0 Å². The number of hydrogen-bond acceptors (Lipinski definition) is 1. The van der Waals surface area contributed by atoms with Crippen LogP contribution in [0.3, 0.4) is 0 Å². The lowest BCUT2D eigenvalue weighted by molar-refractivity contribution is 0.650. The number of nitrogens with one attached hydrogen (secondary N) is 1. The van der Waals surface area contributed by atoms with Crippen LogP contribution in [-0.2, 0) is 0 Å². The summed E-state index contributed by atoms with van der Waals surface area (Å²) in [5.41, 5.74) is 0. The first-order valence-corrected chi connectivity index (χ1v) is 4.02. The summed E-state index contributed by atoms with van der Waals surface area (Å²) in [5.74, 6) is 5.81. The summed E-state index contributed by atoms with van der Waals surface area (Å²) in [6.07, 6.45) is 3.90. The summed E-state index contributed by atoms with van der Waals surface area (Å²) >= 11 is 0. The van der Waals surface area contributed by atoms with Crippen LogP contribution >= 0.6 is 0 Å². The van der Waals surface area contributed by atoms with E-state index in [1.54, 1.807) is 0 Å². The van der Waals surface area contributed by atoms with E-state index in [0.29, 0.717) is 0 Å². The zero-order chi connectivity index (χ0) is 7.66. The number of rotatable bonds is 5. The van der Waals surface area contributed by atoms with Crippen molar-refractivity contribution >= 4 is 0 Å². The summed E-state index contributed by atoms with van der Waals surface area (Å²) in [4.78, 5) is 0. The molecule has 58 valence electrons. The molecule has 0 saturated carbocycles. The molecule has 0 aromatic carbocycles. The fourth-order valence-electron chi connectivity index (χ4n) is 0.739. The van der Waals surface area contributed by atoms with Gasteiger partial charge in [-0.25, -0.2) is 0 Å². The zero-order valence-electron chi connectivity index (χ0n) is 7.04. The Morgan fingerprint density at radius 2 is 2.10 bits per heavy atom. The van der Waals surface area contributed by atoms with Gasteiger partial charge in [0.05, 0.1) is 6.54 Å². The summed E-state index contributed by atoms with van der Waals surface area (Å²) in [6, 6.07) is 0. The number of unbranched alkanes of at least 4 members (excludes halogenated alkanes) is 2. The van der Waals surface area contributed by atoms with Crippen molar-refractivity contribution in [1.29, 1.82) is 0 Å².